The molecule has 18 heavy (non-hydrogen) atoms. The fourth-order valence-electron chi connectivity index (χ4n) is 3.08. The highest BCUT2D eigenvalue weighted by molar-refractivity contribution is 5.75. The predicted octanol–water partition coefficient (Wildman–Crippen LogP) is 2.08. The molecule has 0 heterocycles. The van der Waals surface area contributed by atoms with Crippen molar-refractivity contribution in [2.75, 3.05) is 6.61 Å². The first kappa shape index (κ1) is 12.9. The van der Waals surface area contributed by atoms with Crippen LogP contribution in [0.25, 0.3) is 0 Å². The van der Waals surface area contributed by atoms with E-state index in [1.807, 2.05) is 0 Å². The number of carboxylic acids is 1. The largest absolute Gasteiger partial charge is 0.481 e. The van der Waals surface area contributed by atoms with Crippen LogP contribution in [0, 0.1) is 5.41 Å². The molecule has 1 amide bonds. The first-order valence-electron chi connectivity index (χ1n) is 6.31. The molecule has 100 valence electrons. The Kier molecular flexibility index (Phi) is 3.32. The Morgan fingerprint density at radius 3 is 2.22 bits per heavy atom. The highest BCUT2D eigenvalue weighted by atomic mass is 16.5. The minimum Gasteiger partial charge on any atom is -0.481 e. The Bertz CT molecular complexity index is 353. The monoisotopic (exact) mass is 253 g/mol. The van der Waals surface area contributed by atoms with Crippen LogP contribution in [0.4, 0.5) is 4.79 Å². The Balaban J connectivity index is 1.95. The van der Waals surface area contributed by atoms with Crippen LogP contribution in [0.5, 0.6) is 0 Å². The minimum atomic E-state index is -0.690. The van der Waals surface area contributed by atoms with Gasteiger partial charge in [-0.05, 0) is 38.5 Å². The van der Waals surface area contributed by atoms with E-state index < -0.39 is 17.5 Å². The van der Waals surface area contributed by atoms with Gasteiger partial charge in [0, 0.05) is 5.54 Å². The third-order valence-corrected chi connectivity index (χ3v) is 4.40. The molecule has 0 spiro atoms. The van der Waals surface area contributed by atoms with Crippen molar-refractivity contribution >= 4 is 12.1 Å². The van der Waals surface area contributed by atoms with Crippen molar-refractivity contribution in [1.29, 1.82) is 0 Å². The fourth-order valence-corrected chi connectivity index (χ4v) is 3.08. The quantitative estimate of drug-likeness (QED) is 0.752. The SMILES string of the molecule is C=CCOC(=O)NC12CCC(C(=O)O)(CC1)CC2. The zero-order valence-corrected chi connectivity index (χ0v) is 10.4. The summed E-state index contributed by atoms with van der Waals surface area (Å²) < 4.78 is 4.93. The molecule has 0 aliphatic heterocycles. The fraction of sp³-hybridized carbons (Fsp3) is 0.692. The molecule has 0 unspecified atom stereocenters. The van der Waals surface area contributed by atoms with E-state index in [9.17, 15) is 14.7 Å². The lowest BCUT2D eigenvalue weighted by Crippen LogP contribution is -2.58. The molecule has 5 nitrogen and oxygen atoms in total. The van der Waals surface area contributed by atoms with Crippen LogP contribution < -0.4 is 5.32 Å². The van der Waals surface area contributed by atoms with Gasteiger partial charge in [0.1, 0.15) is 6.61 Å². The van der Waals surface area contributed by atoms with Crippen molar-refractivity contribution in [3.8, 4) is 0 Å². The summed E-state index contributed by atoms with van der Waals surface area (Å²) in [6.07, 6.45) is 5.19. The zero-order chi connectivity index (χ0) is 13.2. The van der Waals surface area contributed by atoms with Crippen LogP contribution in [-0.2, 0) is 9.53 Å². The van der Waals surface area contributed by atoms with Gasteiger partial charge in [0.2, 0.25) is 0 Å². The Labute approximate surface area is 106 Å². The van der Waals surface area contributed by atoms with Gasteiger partial charge in [-0.15, -0.1) is 0 Å². The van der Waals surface area contributed by atoms with Gasteiger partial charge in [-0.3, -0.25) is 4.79 Å². The number of alkyl carbamates (subject to hydrolysis) is 1. The molecule has 5 heteroatoms. The highest BCUT2D eigenvalue weighted by Gasteiger charge is 2.53. The van der Waals surface area contributed by atoms with Gasteiger partial charge in [-0.2, -0.15) is 0 Å². The van der Waals surface area contributed by atoms with Crippen molar-refractivity contribution in [1.82, 2.24) is 5.32 Å². The van der Waals surface area contributed by atoms with Gasteiger partial charge in [-0.25, -0.2) is 4.79 Å². The van der Waals surface area contributed by atoms with Crippen molar-refractivity contribution in [3.05, 3.63) is 12.7 Å². The maximum Gasteiger partial charge on any atom is 0.407 e. The van der Waals surface area contributed by atoms with E-state index in [-0.39, 0.29) is 12.1 Å². The third-order valence-electron chi connectivity index (χ3n) is 4.40. The van der Waals surface area contributed by atoms with E-state index >= 15 is 0 Å². The maximum atomic E-state index is 11.6. The average molecular weight is 253 g/mol. The smallest absolute Gasteiger partial charge is 0.407 e. The minimum absolute atomic E-state index is 0.195. The summed E-state index contributed by atoms with van der Waals surface area (Å²) in [7, 11) is 0. The van der Waals surface area contributed by atoms with Crippen LogP contribution in [0.1, 0.15) is 38.5 Å². The summed E-state index contributed by atoms with van der Waals surface area (Å²) in [5.74, 6) is -0.690. The summed E-state index contributed by atoms with van der Waals surface area (Å²) in [5.41, 5.74) is -0.802. The molecule has 3 aliphatic rings. The van der Waals surface area contributed by atoms with Gasteiger partial charge in [0.25, 0.3) is 0 Å². The second kappa shape index (κ2) is 4.63. The lowest BCUT2D eigenvalue weighted by Gasteiger charge is -2.51. The first-order chi connectivity index (χ1) is 8.52. The van der Waals surface area contributed by atoms with Gasteiger partial charge < -0.3 is 15.2 Å². The van der Waals surface area contributed by atoms with E-state index in [0.717, 1.165) is 19.3 Å². The van der Waals surface area contributed by atoms with E-state index in [1.54, 1.807) is 0 Å². The lowest BCUT2D eigenvalue weighted by atomic mass is 9.57. The van der Waals surface area contributed by atoms with E-state index in [1.165, 1.54) is 6.08 Å². The molecule has 0 aromatic rings. The Hall–Kier alpha value is -1.52. The number of carbonyl (C=O) groups excluding carboxylic acids is 1. The molecule has 0 saturated heterocycles. The normalized spacial score (nSPS) is 33.8. The number of rotatable bonds is 4. The number of aliphatic carboxylic acids is 1. The van der Waals surface area contributed by atoms with Crippen molar-refractivity contribution < 1.29 is 19.4 Å². The molecule has 0 aromatic carbocycles. The standard InChI is InChI=1S/C13H19NO4/c1-2-9-18-11(17)14-13-6-3-12(4-7-13,5-8-13)10(15)16/h2H,1,3-9H2,(H,14,17)(H,15,16). The second-order valence-electron chi connectivity index (χ2n) is 5.38. The average Bonchev–Trinajstić information content (AvgIpc) is 2.38. The molecule has 0 aromatic heterocycles. The van der Waals surface area contributed by atoms with Crippen molar-refractivity contribution in [3.63, 3.8) is 0 Å². The first-order valence-corrected chi connectivity index (χ1v) is 6.31. The molecule has 3 saturated carbocycles. The number of fused-ring (bicyclic) bond motifs is 3. The van der Waals surface area contributed by atoms with Crippen LogP contribution in [0.3, 0.4) is 0 Å². The molecule has 3 rings (SSSR count). The van der Waals surface area contributed by atoms with Gasteiger partial charge in [0.05, 0.1) is 5.41 Å². The summed E-state index contributed by atoms with van der Waals surface area (Å²) in [6.45, 7) is 3.68. The van der Waals surface area contributed by atoms with Crippen LogP contribution in [-0.4, -0.2) is 29.3 Å². The molecule has 2 bridgehead atoms. The number of ether oxygens (including phenoxy) is 1. The molecule has 0 atom stereocenters. The van der Waals surface area contributed by atoms with Gasteiger partial charge in [-0.1, -0.05) is 12.7 Å². The highest BCUT2D eigenvalue weighted by Crippen LogP contribution is 2.52. The molecule has 0 radical (unpaired) electrons. The molecular formula is C13H19NO4. The van der Waals surface area contributed by atoms with E-state index in [2.05, 4.69) is 11.9 Å². The third kappa shape index (κ3) is 2.21. The number of hydrogen-bond donors (Lipinski definition) is 2. The number of carbonyl (C=O) groups is 2. The zero-order valence-electron chi connectivity index (χ0n) is 10.4. The molecular weight excluding hydrogens is 234 g/mol. The molecule has 2 N–H and O–H groups in total. The topological polar surface area (TPSA) is 75.6 Å². The summed E-state index contributed by atoms with van der Waals surface area (Å²) >= 11 is 0. The summed E-state index contributed by atoms with van der Waals surface area (Å²) in [6, 6.07) is 0. The van der Waals surface area contributed by atoms with Crippen LogP contribution >= 0.6 is 0 Å². The van der Waals surface area contributed by atoms with E-state index in [0.29, 0.717) is 19.3 Å². The molecule has 3 aliphatic carbocycles. The van der Waals surface area contributed by atoms with Gasteiger partial charge >= 0.3 is 12.1 Å². The molecule has 3 fully saturated rings. The van der Waals surface area contributed by atoms with Crippen LogP contribution in [0.15, 0.2) is 12.7 Å². The Morgan fingerprint density at radius 2 is 1.78 bits per heavy atom. The second-order valence-corrected chi connectivity index (χ2v) is 5.38. The van der Waals surface area contributed by atoms with Crippen molar-refractivity contribution in [2.24, 2.45) is 5.41 Å². The number of carboxylic acid groups (broad SMARTS) is 1. The lowest BCUT2D eigenvalue weighted by molar-refractivity contribution is -0.156. The number of nitrogens with one attached hydrogen (secondary N) is 1. The Morgan fingerprint density at radius 1 is 1.22 bits per heavy atom. The summed E-state index contributed by atoms with van der Waals surface area (Å²) in [4.78, 5) is 22.8. The van der Waals surface area contributed by atoms with Gasteiger partial charge in [0.15, 0.2) is 0 Å². The maximum absolute atomic E-state index is 11.6. The number of hydrogen-bond acceptors (Lipinski definition) is 3. The van der Waals surface area contributed by atoms with E-state index in [4.69, 9.17) is 4.74 Å². The van der Waals surface area contributed by atoms with Crippen molar-refractivity contribution in [2.45, 2.75) is 44.1 Å². The predicted molar refractivity (Wildman–Crippen MR) is 65.2 cm³/mol. The summed E-state index contributed by atoms with van der Waals surface area (Å²) in [5, 5.41) is 12.2. The van der Waals surface area contributed by atoms with Crippen LogP contribution in [0.2, 0.25) is 0 Å². The number of amides is 1.